The third-order valence-electron chi connectivity index (χ3n) is 3.52. The van der Waals surface area contributed by atoms with Crippen molar-refractivity contribution in [2.45, 2.75) is 0 Å². The Labute approximate surface area is 137 Å². The molecule has 0 spiro atoms. The zero-order valence-electron chi connectivity index (χ0n) is 11.7. The molecular formula is C15H14ClN3O2S. The summed E-state index contributed by atoms with van der Waals surface area (Å²) in [5, 5.41) is 0. The number of aromatic nitrogens is 1. The van der Waals surface area contributed by atoms with Crippen LogP contribution in [-0.4, -0.2) is 52.8 Å². The molecule has 0 N–H and O–H groups in total. The summed E-state index contributed by atoms with van der Waals surface area (Å²) in [6.07, 6.45) is 1.60. The zero-order valence-corrected chi connectivity index (χ0v) is 13.3. The summed E-state index contributed by atoms with van der Waals surface area (Å²) in [6.45, 7) is 2.07. The first-order valence-electron chi connectivity index (χ1n) is 6.90. The number of nitrogens with zero attached hydrogens (tertiary/aromatic N) is 3. The third kappa shape index (κ3) is 3.13. The van der Waals surface area contributed by atoms with Gasteiger partial charge in [0.05, 0.1) is 9.21 Å². The predicted molar refractivity (Wildman–Crippen MR) is 85.4 cm³/mol. The Bertz CT molecular complexity index is 681. The number of rotatable bonds is 2. The Kier molecular flexibility index (Phi) is 4.40. The minimum absolute atomic E-state index is 0.0261. The van der Waals surface area contributed by atoms with E-state index in [9.17, 15) is 9.59 Å². The van der Waals surface area contributed by atoms with Crippen LogP contribution in [0.15, 0.2) is 36.5 Å². The van der Waals surface area contributed by atoms with E-state index in [-0.39, 0.29) is 11.8 Å². The molecule has 2 aromatic heterocycles. The maximum absolute atomic E-state index is 12.3. The van der Waals surface area contributed by atoms with E-state index in [0.717, 1.165) is 0 Å². The SMILES string of the molecule is O=C(c1ccccn1)N1CCN(C(=O)c2ccc(Cl)s2)CC1. The number of thiophene rings is 1. The lowest BCUT2D eigenvalue weighted by atomic mass is 10.2. The standard InChI is InChI=1S/C15H14ClN3O2S/c16-13-5-4-12(22-13)15(21)19-9-7-18(8-10-19)14(20)11-3-1-2-6-17-11/h1-6H,7-10H2. The first-order chi connectivity index (χ1) is 10.6. The van der Waals surface area contributed by atoms with Gasteiger partial charge in [-0.15, -0.1) is 11.3 Å². The van der Waals surface area contributed by atoms with Crippen LogP contribution in [-0.2, 0) is 0 Å². The van der Waals surface area contributed by atoms with Crippen molar-refractivity contribution in [2.75, 3.05) is 26.2 Å². The van der Waals surface area contributed by atoms with Gasteiger partial charge in [0.2, 0.25) is 0 Å². The number of carbonyl (C=O) groups is 2. The molecule has 7 heteroatoms. The van der Waals surface area contributed by atoms with Crippen LogP contribution in [0, 0.1) is 0 Å². The van der Waals surface area contributed by atoms with Gasteiger partial charge < -0.3 is 9.80 Å². The normalized spacial score (nSPS) is 15.0. The highest BCUT2D eigenvalue weighted by atomic mass is 35.5. The zero-order chi connectivity index (χ0) is 15.5. The van der Waals surface area contributed by atoms with Crippen molar-refractivity contribution < 1.29 is 9.59 Å². The molecule has 1 aliphatic rings. The monoisotopic (exact) mass is 335 g/mol. The quantitative estimate of drug-likeness (QED) is 0.846. The molecule has 0 aliphatic carbocycles. The maximum atomic E-state index is 12.3. The molecule has 0 unspecified atom stereocenters. The minimum Gasteiger partial charge on any atom is -0.334 e. The lowest BCUT2D eigenvalue weighted by molar-refractivity contribution is 0.0535. The molecule has 2 amide bonds. The van der Waals surface area contributed by atoms with E-state index in [2.05, 4.69) is 4.98 Å². The van der Waals surface area contributed by atoms with Crippen molar-refractivity contribution in [3.63, 3.8) is 0 Å². The van der Waals surface area contributed by atoms with E-state index in [1.165, 1.54) is 11.3 Å². The number of halogens is 1. The molecular weight excluding hydrogens is 322 g/mol. The topological polar surface area (TPSA) is 53.5 Å². The fourth-order valence-corrected chi connectivity index (χ4v) is 3.36. The molecule has 5 nitrogen and oxygen atoms in total. The van der Waals surface area contributed by atoms with Gasteiger partial charge in [0, 0.05) is 32.4 Å². The lowest BCUT2D eigenvalue weighted by Crippen LogP contribution is -2.50. The third-order valence-corrected chi connectivity index (χ3v) is 4.74. The van der Waals surface area contributed by atoms with Crippen LogP contribution in [0.25, 0.3) is 0 Å². The smallest absolute Gasteiger partial charge is 0.272 e. The number of piperazine rings is 1. The highest BCUT2D eigenvalue weighted by molar-refractivity contribution is 7.17. The second-order valence-electron chi connectivity index (χ2n) is 4.90. The fourth-order valence-electron chi connectivity index (χ4n) is 2.35. The number of amides is 2. The van der Waals surface area contributed by atoms with Crippen LogP contribution in [0.1, 0.15) is 20.2 Å². The number of carbonyl (C=O) groups excluding carboxylic acids is 2. The first-order valence-corrected chi connectivity index (χ1v) is 8.09. The second kappa shape index (κ2) is 6.46. The Hall–Kier alpha value is -1.92. The van der Waals surface area contributed by atoms with E-state index < -0.39 is 0 Å². The van der Waals surface area contributed by atoms with E-state index >= 15 is 0 Å². The van der Waals surface area contributed by atoms with Gasteiger partial charge in [-0.25, -0.2) is 0 Å². The average molecular weight is 336 g/mol. The molecule has 0 radical (unpaired) electrons. The van der Waals surface area contributed by atoms with Crippen molar-refractivity contribution in [2.24, 2.45) is 0 Å². The molecule has 0 saturated carbocycles. The maximum Gasteiger partial charge on any atom is 0.272 e. The summed E-state index contributed by atoms with van der Waals surface area (Å²) in [5.41, 5.74) is 0.437. The van der Waals surface area contributed by atoms with Crippen molar-refractivity contribution in [1.82, 2.24) is 14.8 Å². The number of hydrogen-bond acceptors (Lipinski definition) is 4. The van der Waals surface area contributed by atoms with E-state index in [4.69, 9.17) is 11.6 Å². The van der Waals surface area contributed by atoms with Crippen LogP contribution < -0.4 is 0 Å². The Morgan fingerprint density at radius 1 is 1.00 bits per heavy atom. The highest BCUT2D eigenvalue weighted by Crippen LogP contribution is 2.23. The van der Waals surface area contributed by atoms with Crippen LogP contribution in [0.2, 0.25) is 4.34 Å². The van der Waals surface area contributed by atoms with Crippen LogP contribution in [0.3, 0.4) is 0 Å². The van der Waals surface area contributed by atoms with Crippen molar-refractivity contribution in [3.8, 4) is 0 Å². The van der Waals surface area contributed by atoms with E-state index in [0.29, 0.717) is 41.1 Å². The molecule has 1 fully saturated rings. The predicted octanol–water partition coefficient (Wildman–Crippen LogP) is 2.39. The van der Waals surface area contributed by atoms with Crippen LogP contribution in [0.5, 0.6) is 0 Å². The van der Waals surface area contributed by atoms with Gasteiger partial charge in [0.15, 0.2) is 0 Å². The summed E-state index contributed by atoms with van der Waals surface area (Å²) in [6, 6.07) is 8.73. The van der Waals surface area contributed by atoms with E-state index in [1.54, 1.807) is 46.3 Å². The molecule has 3 rings (SSSR count). The van der Waals surface area contributed by atoms with Gasteiger partial charge in [-0.05, 0) is 24.3 Å². The lowest BCUT2D eigenvalue weighted by Gasteiger charge is -2.34. The number of hydrogen-bond donors (Lipinski definition) is 0. The molecule has 2 aromatic rings. The van der Waals surface area contributed by atoms with Crippen LogP contribution in [0.4, 0.5) is 0 Å². The van der Waals surface area contributed by atoms with Crippen molar-refractivity contribution in [3.05, 3.63) is 51.4 Å². The summed E-state index contributed by atoms with van der Waals surface area (Å²) < 4.78 is 0.604. The van der Waals surface area contributed by atoms with Crippen molar-refractivity contribution >= 4 is 34.8 Å². The van der Waals surface area contributed by atoms with Gasteiger partial charge >= 0.3 is 0 Å². The van der Waals surface area contributed by atoms with Gasteiger partial charge in [-0.2, -0.15) is 0 Å². The molecule has 0 bridgehead atoms. The highest BCUT2D eigenvalue weighted by Gasteiger charge is 2.26. The number of pyridine rings is 1. The molecule has 1 aliphatic heterocycles. The Balaban J connectivity index is 1.61. The average Bonchev–Trinajstić information content (AvgIpc) is 3.01. The summed E-state index contributed by atoms with van der Waals surface area (Å²) in [4.78, 5) is 32.8. The van der Waals surface area contributed by atoms with Crippen molar-refractivity contribution in [1.29, 1.82) is 0 Å². The van der Waals surface area contributed by atoms with E-state index in [1.807, 2.05) is 0 Å². The summed E-state index contributed by atoms with van der Waals surface area (Å²) >= 11 is 7.14. The van der Waals surface area contributed by atoms with Gasteiger partial charge in [0.25, 0.3) is 11.8 Å². The van der Waals surface area contributed by atoms with Crippen LogP contribution >= 0.6 is 22.9 Å². The molecule has 22 heavy (non-hydrogen) atoms. The largest absolute Gasteiger partial charge is 0.334 e. The molecule has 3 heterocycles. The molecule has 114 valence electrons. The van der Waals surface area contributed by atoms with Gasteiger partial charge in [-0.3, -0.25) is 14.6 Å². The minimum atomic E-state index is -0.0909. The summed E-state index contributed by atoms with van der Waals surface area (Å²) in [5.74, 6) is -0.117. The second-order valence-corrected chi connectivity index (χ2v) is 6.62. The van der Waals surface area contributed by atoms with Gasteiger partial charge in [-0.1, -0.05) is 17.7 Å². The Morgan fingerprint density at radius 2 is 1.68 bits per heavy atom. The molecule has 0 atom stereocenters. The first kappa shape index (κ1) is 15.0. The Morgan fingerprint density at radius 3 is 2.23 bits per heavy atom. The molecule has 0 aromatic carbocycles. The van der Waals surface area contributed by atoms with Gasteiger partial charge in [0.1, 0.15) is 5.69 Å². The fraction of sp³-hybridized carbons (Fsp3) is 0.267. The summed E-state index contributed by atoms with van der Waals surface area (Å²) in [7, 11) is 0. The molecule has 1 saturated heterocycles.